The second-order valence-electron chi connectivity index (χ2n) is 7.92. The molecule has 0 spiro atoms. The Bertz CT molecular complexity index is 880. The Labute approximate surface area is 167 Å². The molecule has 5 heteroatoms. The summed E-state index contributed by atoms with van der Waals surface area (Å²) in [6.45, 7) is 8.18. The van der Waals surface area contributed by atoms with E-state index < -0.39 is 0 Å². The summed E-state index contributed by atoms with van der Waals surface area (Å²) < 4.78 is 5.71. The van der Waals surface area contributed by atoms with Gasteiger partial charge in [0.2, 0.25) is 0 Å². The van der Waals surface area contributed by atoms with Gasteiger partial charge in [-0.2, -0.15) is 5.10 Å². The van der Waals surface area contributed by atoms with Crippen LogP contribution in [0.2, 0.25) is 0 Å². The van der Waals surface area contributed by atoms with Crippen molar-refractivity contribution >= 4 is 0 Å². The van der Waals surface area contributed by atoms with Gasteiger partial charge in [-0.25, -0.2) is 0 Å². The third-order valence-corrected chi connectivity index (χ3v) is 5.70. The fourth-order valence-corrected chi connectivity index (χ4v) is 3.96. The normalized spacial score (nSPS) is 17.9. The Morgan fingerprint density at radius 2 is 1.93 bits per heavy atom. The number of H-pyrrole nitrogens is 1. The number of hydrogen-bond acceptors (Lipinski definition) is 4. The maximum Gasteiger partial charge on any atom is 0.152 e. The molecule has 1 aromatic carbocycles. The zero-order valence-electron chi connectivity index (χ0n) is 16.9. The summed E-state index contributed by atoms with van der Waals surface area (Å²) in [5, 5.41) is 10.7. The lowest BCUT2D eigenvalue weighted by atomic mass is 10.0. The third-order valence-electron chi connectivity index (χ3n) is 5.70. The van der Waals surface area contributed by atoms with Crippen LogP contribution in [0.5, 0.6) is 0 Å². The van der Waals surface area contributed by atoms with Gasteiger partial charge in [0.15, 0.2) is 5.76 Å². The van der Waals surface area contributed by atoms with Crippen LogP contribution in [0.3, 0.4) is 0 Å². The minimum absolute atomic E-state index is 0.706. The van der Waals surface area contributed by atoms with E-state index in [1.807, 2.05) is 25.3 Å². The number of aromatic amines is 1. The van der Waals surface area contributed by atoms with Crippen LogP contribution in [0.4, 0.5) is 0 Å². The number of piperidine rings is 1. The Morgan fingerprint density at radius 1 is 1.11 bits per heavy atom. The number of benzene rings is 1. The van der Waals surface area contributed by atoms with Gasteiger partial charge in [0, 0.05) is 31.2 Å². The van der Waals surface area contributed by atoms with E-state index in [-0.39, 0.29) is 0 Å². The molecule has 148 valence electrons. The van der Waals surface area contributed by atoms with Crippen LogP contribution in [0.25, 0.3) is 11.5 Å². The largest absolute Gasteiger partial charge is 0.460 e. The van der Waals surface area contributed by atoms with E-state index in [9.17, 15) is 0 Å². The highest BCUT2D eigenvalue weighted by atomic mass is 16.3. The van der Waals surface area contributed by atoms with Gasteiger partial charge in [-0.3, -0.25) is 10.00 Å². The van der Waals surface area contributed by atoms with E-state index in [1.165, 1.54) is 36.9 Å². The summed E-state index contributed by atoms with van der Waals surface area (Å²) >= 11 is 0. The minimum atomic E-state index is 0.706. The maximum absolute atomic E-state index is 5.71. The van der Waals surface area contributed by atoms with E-state index in [0.717, 1.165) is 42.4 Å². The molecule has 4 rings (SSSR count). The standard InChI is InChI=1S/C23H30N4O/c1-17-5-3-4-12-27(17)16-20-9-7-19(8-10-20)13-24-14-21-15-25-26-23(21)22-11-6-18(2)28-22/h6-11,15,17,24H,3-5,12-14,16H2,1-2H3,(H,25,26). The molecule has 1 atom stereocenters. The SMILES string of the molecule is Cc1ccc(-c2[nH]ncc2CNCc2ccc(CN3CCCCC3C)cc2)o1. The van der Waals surface area contributed by atoms with Crippen molar-refractivity contribution < 1.29 is 4.42 Å². The molecule has 2 N–H and O–H groups in total. The lowest BCUT2D eigenvalue weighted by molar-refractivity contribution is 0.152. The highest BCUT2D eigenvalue weighted by Gasteiger charge is 2.18. The number of nitrogens with one attached hydrogen (secondary N) is 2. The molecule has 1 saturated heterocycles. The van der Waals surface area contributed by atoms with Crippen molar-refractivity contribution in [2.24, 2.45) is 0 Å². The smallest absolute Gasteiger partial charge is 0.152 e. The van der Waals surface area contributed by atoms with Gasteiger partial charge in [0.05, 0.1) is 6.20 Å². The number of aromatic nitrogens is 2. The molecule has 1 fully saturated rings. The zero-order valence-corrected chi connectivity index (χ0v) is 16.9. The summed E-state index contributed by atoms with van der Waals surface area (Å²) in [6.07, 6.45) is 5.90. The monoisotopic (exact) mass is 378 g/mol. The van der Waals surface area contributed by atoms with Crippen molar-refractivity contribution in [1.29, 1.82) is 0 Å². The predicted octanol–water partition coefficient (Wildman–Crippen LogP) is 4.64. The van der Waals surface area contributed by atoms with Crippen LogP contribution in [0.1, 0.15) is 48.6 Å². The van der Waals surface area contributed by atoms with E-state index in [4.69, 9.17) is 4.42 Å². The number of aryl methyl sites for hydroxylation is 1. The summed E-state index contributed by atoms with van der Waals surface area (Å²) in [6, 6.07) is 13.7. The van der Waals surface area contributed by atoms with Crippen LogP contribution in [0, 0.1) is 6.92 Å². The lowest BCUT2D eigenvalue weighted by Gasteiger charge is -2.33. The molecule has 0 bridgehead atoms. The number of hydrogen-bond donors (Lipinski definition) is 2. The highest BCUT2D eigenvalue weighted by molar-refractivity contribution is 5.56. The lowest BCUT2D eigenvalue weighted by Crippen LogP contribution is -2.36. The van der Waals surface area contributed by atoms with Crippen LogP contribution < -0.4 is 5.32 Å². The molecule has 2 aromatic heterocycles. The average molecular weight is 379 g/mol. The molecule has 3 heterocycles. The maximum atomic E-state index is 5.71. The van der Waals surface area contributed by atoms with Gasteiger partial charge >= 0.3 is 0 Å². The molecular formula is C23H30N4O. The molecule has 3 aromatic rings. The first-order chi connectivity index (χ1) is 13.7. The number of nitrogens with zero attached hydrogens (tertiary/aromatic N) is 2. The van der Waals surface area contributed by atoms with Crippen molar-refractivity contribution in [2.45, 2.75) is 58.8 Å². The molecule has 1 aliphatic heterocycles. The van der Waals surface area contributed by atoms with Gasteiger partial charge in [-0.1, -0.05) is 30.7 Å². The number of rotatable bonds is 7. The Balaban J connectivity index is 1.29. The first kappa shape index (κ1) is 19.0. The minimum Gasteiger partial charge on any atom is -0.460 e. The van der Waals surface area contributed by atoms with Gasteiger partial charge < -0.3 is 9.73 Å². The van der Waals surface area contributed by atoms with Crippen molar-refractivity contribution in [2.75, 3.05) is 6.54 Å². The van der Waals surface area contributed by atoms with Crippen LogP contribution >= 0.6 is 0 Å². The molecule has 0 aliphatic carbocycles. The zero-order chi connectivity index (χ0) is 19.3. The summed E-state index contributed by atoms with van der Waals surface area (Å²) in [5.74, 6) is 1.74. The van der Waals surface area contributed by atoms with Gasteiger partial charge in [0.25, 0.3) is 0 Å². The van der Waals surface area contributed by atoms with E-state index in [1.54, 1.807) is 0 Å². The molecule has 1 aliphatic rings. The van der Waals surface area contributed by atoms with Gasteiger partial charge in [-0.15, -0.1) is 0 Å². The Hall–Kier alpha value is -2.37. The fraction of sp³-hybridized carbons (Fsp3) is 0.435. The molecular weight excluding hydrogens is 348 g/mol. The Morgan fingerprint density at radius 3 is 2.68 bits per heavy atom. The van der Waals surface area contributed by atoms with Crippen molar-refractivity contribution in [1.82, 2.24) is 20.4 Å². The van der Waals surface area contributed by atoms with Gasteiger partial charge in [0.1, 0.15) is 11.5 Å². The third kappa shape index (κ3) is 4.54. The summed E-state index contributed by atoms with van der Waals surface area (Å²) in [7, 11) is 0. The first-order valence-corrected chi connectivity index (χ1v) is 10.3. The first-order valence-electron chi connectivity index (χ1n) is 10.3. The molecule has 28 heavy (non-hydrogen) atoms. The second-order valence-corrected chi connectivity index (χ2v) is 7.92. The topological polar surface area (TPSA) is 57.1 Å². The van der Waals surface area contributed by atoms with Crippen molar-refractivity contribution in [3.05, 3.63) is 65.0 Å². The van der Waals surface area contributed by atoms with E-state index in [2.05, 4.69) is 51.6 Å². The van der Waals surface area contributed by atoms with E-state index in [0.29, 0.717) is 6.04 Å². The van der Waals surface area contributed by atoms with Crippen molar-refractivity contribution in [3.63, 3.8) is 0 Å². The molecule has 0 saturated carbocycles. The predicted molar refractivity (Wildman–Crippen MR) is 112 cm³/mol. The van der Waals surface area contributed by atoms with Crippen LogP contribution in [-0.2, 0) is 19.6 Å². The Kier molecular flexibility index (Phi) is 5.93. The van der Waals surface area contributed by atoms with Crippen LogP contribution in [0.15, 0.2) is 47.0 Å². The van der Waals surface area contributed by atoms with Gasteiger partial charge in [-0.05, 0) is 56.5 Å². The summed E-state index contributed by atoms with van der Waals surface area (Å²) in [5.41, 5.74) is 4.77. The second kappa shape index (κ2) is 8.76. The van der Waals surface area contributed by atoms with Crippen LogP contribution in [-0.4, -0.2) is 27.7 Å². The molecule has 0 radical (unpaired) electrons. The summed E-state index contributed by atoms with van der Waals surface area (Å²) in [4.78, 5) is 2.60. The average Bonchev–Trinajstić information content (AvgIpc) is 3.34. The quantitative estimate of drug-likeness (QED) is 0.629. The molecule has 1 unspecified atom stereocenters. The molecule has 5 nitrogen and oxygen atoms in total. The van der Waals surface area contributed by atoms with Crippen molar-refractivity contribution in [3.8, 4) is 11.5 Å². The number of likely N-dealkylation sites (tertiary alicyclic amines) is 1. The molecule has 0 amide bonds. The van der Waals surface area contributed by atoms with E-state index >= 15 is 0 Å². The highest BCUT2D eigenvalue weighted by Crippen LogP contribution is 2.23. The number of furan rings is 1. The fourth-order valence-electron chi connectivity index (χ4n) is 3.96.